The van der Waals surface area contributed by atoms with Crippen molar-refractivity contribution in [2.24, 2.45) is 5.10 Å². The van der Waals surface area contributed by atoms with Crippen LogP contribution in [0.3, 0.4) is 0 Å². The van der Waals surface area contributed by atoms with Crippen LogP contribution in [-0.4, -0.2) is 67.1 Å². The van der Waals surface area contributed by atoms with Gasteiger partial charge in [0.15, 0.2) is 11.6 Å². The number of hydrogen-bond acceptors (Lipinski definition) is 10. The van der Waals surface area contributed by atoms with Crippen molar-refractivity contribution in [3.63, 3.8) is 0 Å². The maximum atomic E-state index is 14.2. The van der Waals surface area contributed by atoms with Crippen LogP contribution in [0.5, 0.6) is 0 Å². The first-order chi connectivity index (χ1) is 18.9. The number of anilines is 4. The minimum absolute atomic E-state index is 0.121. The van der Waals surface area contributed by atoms with E-state index in [0.29, 0.717) is 56.5 Å². The number of nitrogens with one attached hydrogen (secondary N) is 4. The van der Waals surface area contributed by atoms with E-state index >= 15 is 0 Å². The zero-order chi connectivity index (χ0) is 27.2. The van der Waals surface area contributed by atoms with Crippen molar-refractivity contribution in [2.45, 2.75) is 12.2 Å². The van der Waals surface area contributed by atoms with Crippen LogP contribution in [0.25, 0.3) is 0 Å². The molecule has 1 atom stereocenters. The molecule has 4 heterocycles. The molecule has 2 aliphatic rings. The Kier molecular flexibility index (Phi) is 8.14. The number of benzene rings is 1. The zero-order valence-electron chi connectivity index (χ0n) is 20.8. The van der Waals surface area contributed by atoms with Gasteiger partial charge in [-0.2, -0.15) is 23.3 Å². The monoisotopic (exact) mass is 545 g/mol. The largest absolute Gasteiger partial charge is 0.416 e. The Morgan fingerprint density at radius 2 is 1.87 bits per heavy atom. The summed E-state index contributed by atoms with van der Waals surface area (Å²) in [6.45, 7) is 3.79. The van der Waals surface area contributed by atoms with E-state index in [4.69, 9.17) is 4.74 Å². The highest BCUT2D eigenvalue weighted by atomic mass is 19.4. The molecule has 2 aromatic heterocycles. The molecule has 206 valence electrons. The van der Waals surface area contributed by atoms with Crippen molar-refractivity contribution < 1.29 is 22.3 Å². The summed E-state index contributed by atoms with van der Waals surface area (Å²) in [5.41, 5.74) is 3.46. The van der Waals surface area contributed by atoms with Crippen LogP contribution < -0.4 is 26.3 Å². The number of rotatable bonds is 7. The maximum Gasteiger partial charge on any atom is 0.416 e. The number of hydrogen-bond donors (Lipinski definition) is 4. The molecular weight excluding hydrogens is 518 g/mol. The summed E-state index contributed by atoms with van der Waals surface area (Å²) in [6, 6.07) is 7.14. The van der Waals surface area contributed by atoms with E-state index in [1.165, 1.54) is 18.5 Å². The molecule has 0 spiro atoms. The Bertz CT molecular complexity index is 1290. The molecule has 2 aliphatic heterocycles. The van der Waals surface area contributed by atoms with E-state index in [2.05, 4.69) is 41.4 Å². The van der Waals surface area contributed by atoms with Gasteiger partial charge in [0.25, 0.3) is 0 Å². The van der Waals surface area contributed by atoms with Crippen molar-refractivity contribution in [3.05, 3.63) is 65.4 Å². The van der Waals surface area contributed by atoms with E-state index < -0.39 is 23.6 Å². The predicted octanol–water partition coefficient (Wildman–Crippen LogP) is 3.29. The number of piperazine rings is 1. The lowest BCUT2D eigenvalue weighted by atomic mass is 9.98. The normalized spacial score (nSPS) is 18.4. The lowest BCUT2D eigenvalue weighted by molar-refractivity contribution is -0.138. The third-order valence-corrected chi connectivity index (χ3v) is 6.25. The molecule has 1 aromatic carbocycles. The number of halogens is 4. The number of ether oxygens (including phenoxy) is 1. The Labute approximate surface area is 221 Å². The average molecular weight is 546 g/mol. The van der Waals surface area contributed by atoms with Gasteiger partial charge in [-0.3, -0.25) is 4.98 Å². The highest BCUT2D eigenvalue weighted by Crippen LogP contribution is 2.37. The minimum atomic E-state index is -4.49. The van der Waals surface area contributed by atoms with Crippen LogP contribution in [-0.2, 0) is 10.9 Å². The molecule has 3 aromatic rings. The first-order valence-electron chi connectivity index (χ1n) is 12.4. The summed E-state index contributed by atoms with van der Waals surface area (Å²) in [5.74, 6) is -0.237. The van der Waals surface area contributed by atoms with Crippen LogP contribution in [0.4, 0.5) is 40.7 Å². The van der Waals surface area contributed by atoms with Gasteiger partial charge in [-0.25, -0.2) is 14.8 Å². The molecule has 0 saturated carbocycles. The summed E-state index contributed by atoms with van der Waals surface area (Å²) < 4.78 is 60.9. The summed E-state index contributed by atoms with van der Waals surface area (Å²) in [5, 5.41) is 13.3. The second-order valence-corrected chi connectivity index (χ2v) is 8.94. The number of morpholine rings is 1. The van der Waals surface area contributed by atoms with Crippen LogP contribution in [0, 0.1) is 5.82 Å². The number of alkyl halides is 3. The van der Waals surface area contributed by atoms with Crippen LogP contribution in [0.15, 0.2) is 47.8 Å². The van der Waals surface area contributed by atoms with Gasteiger partial charge in [0.05, 0.1) is 48.8 Å². The highest BCUT2D eigenvalue weighted by molar-refractivity contribution is 5.78. The average Bonchev–Trinajstić information content (AvgIpc) is 2.95. The molecule has 0 radical (unpaired) electrons. The molecule has 4 N–H and O–H groups in total. The van der Waals surface area contributed by atoms with Gasteiger partial charge in [-0.1, -0.05) is 6.07 Å². The molecule has 1 unspecified atom stereocenters. The van der Waals surface area contributed by atoms with Crippen molar-refractivity contribution in [3.8, 4) is 0 Å². The molecule has 5 rings (SSSR count). The molecule has 0 bridgehead atoms. The lowest BCUT2D eigenvalue weighted by Gasteiger charge is -2.27. The zero-order valence-corrected chi connectivity index (χ0v) is 20.8. The number of aromatic nitrogens is 3. The number of nitrogens with zero attached hydrogens (tertiary/aromatic N) is 5. The van der Waals surface area contributed by atoms with E-state index in [0.717, 1.165) is 18.8 Å². The molecule has 0 aliphatic carbocycles. The van der Waals surface area contributed by atoms with Gasteiger partial charge < -0.3 is 25.6 Å². The molecule has 39 heavy (non-hydrogen) atoms. The number of hydrazone groups is 1. The molecular formula is C25H27F4N9O. The van der Waals surface area contributed by atoms with Crippen molar-refractivity contribution >= 4 is 29.4 Å². The second-order valence-electron chi connectivity index (χ2n) is 8.94. The van der Waals surface area contributed by atoms with Crippen molar-refractivity contribution in [2.75, 3.05) is 61.6 Å². The van der Waals surface area contributed by atoms with Crippen molar-refractivity contribution in [1.29, 1.82) is 0 Å². The number of pyridine rings is 1. The van der Waals surface area contributed by atoms with E-state index in [9.17, 15) is 17.6 Å². The fraction of sp³-hybridized carbons (Fsp3) is 0.360. The van der Waals surface area contributed by atoms with E-state index in [1.54, 1.807) is 23.1 Å². The van der Waals surface area contributed by atoms with Crippen molar-refractivity contribution in [1.82, 2.24) is 25.6 Å². The second kappa shape index (κ2) is 11.9. The SMILES string of the molecule is Fc1cnc(N/N=C/c2ccc(Nc3ccc(C4CNCCN4)c(C(F)(F)F)c3)cn2)nc1N1CCOCC1. The van der Waals surface area contributed by atoms with Gasteiger partial charge in [0.2, 0.25) is 5.95 Å². The van der Waals surface area contributed by atoms with Crippen LogP contribution >= 0.6 is 0 Å². The van der Waals surface area contributed by atoms with Crippen LogP contribution in [0.2, 0.25) is 0 Å². The van der Waals surface area contributed by atoms with E-state index in [1.807, 2.05) is 0 Å². The first-order valence-corrected chi connectivity index (χ1v) is 12.4. The Morgan fingerprint density at radius 1 is 1.05 bits per heavy atom. The standard InChI is InChI=1S/C25H27F4N9O/c26-21-14-33-24(36-23(21)38-7-9-39-10-8-38)37-34-13-17-1-2-18(12-32-17)35-16-3-4-19(20(11-16)25(27,28)29)22-15-30-5-6-31-22/h1-4,11-14,22,30-31,35H,5-10,15H2,(H,33,36,37)/b34-13+. The Balaban J connectivity index is 1.22. The molecule has 2 fully saturated rings. The highest BCUT2D eigenvalue weighted by Gasteiger charge is 2.36. The predicted molar refractivity (Wildman–Crippen MR) is 139 cm³/mol. The van der Waals surface area contributed by atoms with Crippen LogP contribution in [0.1, 0.15) is 22.9 Å². The molecule has 2 saturated heterocycles. The summed E-state index contributed by atoms with van der Waals surface area (Å²) in [4.78, 5) is 14.1. The molecule has 0 amide bonds. The summed E-state index contributed by atoms with van der Waals surface area (Å²) in [6.07, 6.45) is -0.505. The maximum absolute atomic E-state index is 14.2. The fourth-order valence-electron chi connectivity index (χ4n) is 4.34. The minimum Gasteiger partial charge on any atom is -0.378 e. The summed E-state index contributed by atoms with van der Waals surface area (Å²) >= 11 is 0. The molecule has 14 heteroatoms. The van der Waals surface area contributed by atoms with Gasteiger partial charge >= 0.3 is 6.18 Å². The fourth-order valence-corrected chi connectivity index (χ4v) is 4.34. The Morgan fingerprint density at radius 3 is 2.59 bits per heavy atom. The topological polar surface area (TPSA) is 112 Å². The van der Waals surface area contributed by atoms with Gasteiger partial charge in [0.1, 0.15) is 0 Å². The summed E-state index contributed by atoms with van der Waals surface area (Å²) in [7, 11) is 0. The smallest absolute Gasteiger partial charge is 0.378 e. The third-order valence-electron chi connectivity index (χ3n) is 6.25. The lowest BCUT2D eigenvalue weighted by Crippen LogP contribution is -2.43. The first kappa shape index (κ1) is 26.7. The van der Waals surface area contributed by atoms with Gasteiger partial charge in [0, 0.05) is 44.5 Å². The van der Waals surface area contributed by atoms with Gasteiger partial charge in [-0.05, 0) is 29.8 Å². The van der Waals surface area contributed by atoms with Gasteiger partial charge in [-0.15, -0.1) is 0 Å². The third kappa shape index (κ3) is 6.77. The Hall–Kier alpha value is -3.88. The molecule has 10 nitrogen and oxygen atoms in total. The van der Waals surface area contributed by atoms with E-state index in [-0.39, 0.29) is 17.3 Å². The quantitative estimate of drug-likeness (QED) is 0.202.